The first-order valence-corrected chi connectivity index (χ1v) is 11.3. The van der Waals surface area contributed by atoms with E-state index >= 15 is 0 Å². The van der Waals surface area contributed by atoms with Crippen molar-refractivity contribution in [2.45, 2.75) is 22.3 Å². The third kappa shape index (κ3) is 3.75. The van der Waals surface area contributed by atoms with Gasteiger partial charge in [-0.2, -0.15) is 4.31 Å². The topological polar surface area (TPSA) is 93.9 Å². The van der Waals surface area contributed by atoms with Crippen molar-refractivity contribution in [3.63, 3.8) is 0 Å². The first-order valence-electron chi connectivity index (χ1n) is 7.81. The maximum absolute atomic E-state index is 12.8. The molecule has 1 aromatic heterocycles. The van der Waals surface area contributed by atoms with Crippen LogP contribution in [0.3, 0.4) is 0 Å². The van der Waals surface area contributed by atoms with Gasteiger partial charge in [-0.3, -0.25) is 0 Å². The number of hydrogen-bond donors (Lipinski definition) is 0. The highest BCUT2D eigenvalue weighted by Gasteiger charge is 2.39. The van der Waals surface area contributed by atoms with Crippen LogP contribution < -0.4 is 4.74 Å². The zero-order chi connectivity index (χ0) is 18.9. The van der Waals surface area contributed by atoms with Gasteiger partial charge in [0.2, 0.25) is 10.0 Å². The number of benzene rings is 1. The summed E-state index contributed by atoms with van der Waals surface area (Å²) in [7, 11) is -5.92. The molecule has 2 heterocycles. The largest absolute Gasteiger partial charge is 0.495 e. The number of furan rings is 1. The van der Waals surface area contributed by atoms with E-state index in [-0.39, 0.29) is 35.2 Å². The molecule has 1 saturated heterocycles. The zero-order valence-electron chi connectivity index (χ0n) is 14.0. The number of halogens is 1. The van der Waals surface area contributed by atoms with E-state index in [4.69, 9.17) is 20.8 Å². The van der Waals surface area contributed by atoms with Crippen molar-refractivity contribution >= 4 is 31.5 Å². The molecule has 1 aliphatic heterocycles. The molecule has 7 nitrogen and oxygen atoms in total. The van der Waals surface area contributed by atoms with E-state index in [9.17, 15) is 16.8 Å². The lowest BCUT2D eigenvalue weighted by Gasteiger charge is -2.17. The van der Waals surface area contributed by atoms with Crippen molar-refractivity contribution in [3.05, 3.63) is 47.4 Å². The van der Waals surface area contributed by atoms with Crippen LogP contribution in [0.4, 0.5) is 0 Å². The second-order valence-corrected chi connectivity index (χ2v) is 10.6. The minimum Gasteiger partial charge on any atom is -0.495 e. The molecule has 0 bridgehead atoms. The van der Waals surface area contributed by atoms with Gasteiger partial charge in [-0.25, -0.2) is 16.8 Å². The fraction of sp³-hybridized carbons (Fsp3) is 0.375. The van der Waals surface area contributed by atoms with Crippen molar-refractivity contribution in [1.82, 2.24) is 4.31 Å². The molecule has 3 rings (SSSR count). The summed E-state index contributed by atoms with van der Waals surface area (Å²) >= 11 is 6.01. The lowest BCUT2D eigenvalue weighted by Crippen LogP contribution is -2.32. The van der Waals surface area contributed by atoms with Gasteiger partial charge in [0.05, 0.1) is 28.5 Å². The van der Waals surface area contributed by atoms with Crippen molar-refractivity contribution in [1.29, 1.82) is 0 Å². The summed E-state index contributed by atoms with van der Waals surface area (Å²) < 4.78 is 61.9. The van der Waals surface area contributed by atoms with E-state index in [1.54, 1.807) is 12.1 Å². The molecule has 0 spiro atoms. The molecule has 1 fully saturated rings. The fourth-order valence-electron chi connectivity index (χ4n) is 2.88. The van der Waals surface area contributed by atoms with Crippen LogP contribution in [0.25, 0.3) is 0 Å². The maximum atomic E-state index is 12.8. The molecule has 1 aliphatic rings. The van der Waals surface area contributed by atoms with Crippen LogP contribution in [0.2, 0.25) is 5.02 Å². The third-order valence-electron chi connectivity index (χ3n) is 4.30. The Hall–Kier alpha value is -1.55. The predicted octanol–water partition coefficient (Wildman–Crippen LogP) is 2.32. The highest BCUT2D eigenvalue weighted by atomic mass is 35.5. The maximum Gasteiger partial charge on any atom is 0.243 e. The minimum absolute atomic E-state index is 0.00684. The first kappa shape index (κ1) is 19.2. The van der Waals surface area contributed by atoms with E-state index in [2.05, 4.69) is 0 Å². The standard InChI is InChI=1S/C16H18ClNO6S2/c1-23-16-5-4-13(9-15(16)17)26(21,22)18-7-6-14(10-18)25(19,20)11-12-3-2-8-24-12/h2-5,8-9,14H,6-7,10-11H2,1H3/t14-/m0/s1. The predicted molar refractivity (Wildman–Crippen MR) is 96.5 cm³/mol. The Morgan fingerprint density at radius 3 is 2.65 bits per heavy atom. The second kappa shape index (κ2) is 7.22. The van der Waals surface area contributed by atoms with E-state index in [1.165, 1.54) is 35.9 Å². The SMILES string of the molecule is COc1ccc(S(=O)(=O)N2CC[C@H](S(=O)(=O)Cc3ccco3)C2)cc1Cl. The summed E-state index contributed by atoms with van der Waals surface area (Å²) in [5.41, 5.74) is 0. The number of sulfone groups is 1. The highest BCUT2D eigenvalue weighted by Crippen LogP contribution is 2.31. The molecular formula is C16H18ClNO6S2. The molecule has 0 N–H and O–H groups in total. The average Bonchev–Trinajstić information content (AvgIpc) is 3.26. The molecule has 0 aliphatic carbocycles. The smallest absolute Gasteiger partial charge is 0.243 e. The monoisotopic (exact) mass is 419 g/mol. The molecule has 0 radical (unpaired) electrons. The van der Waals surface area contributed by atoms with Gasteiger partial charge in [0, 0.05) is 13.1 Å². The number of nitrogens with zero attached hydrogens (tertiary/aromatic N) is 1. The Kier molecular flexibility index (Phi) is 5.34. The lowest BCUT2D eigenvalue weighted by atomic mass is 10.3. The molecular weight excluding hydrogens is 402 g/mol. The van der Waals surface area contributed by atoms with Crippen LogP contribution >= 0.6 is 11.6 Å². The Morgan fingerprint density at radius 2 is 2.04 bits per heavy atom. The first-order chi connectivity index (χ1) is 12.2. The molecule has 2 aromatic rings. The van der Waals surface area contributed by atoms with Crippen molar-refractivity contribution in [3.8, 4) is 5.75 Å². The molecule has 1 aromatic carbocycles. The van der Waals surface area contributed by atoms with Crippen LogP contribution in [0.15, 0.2) is 45.9 Å². The number of ether oxygens (including phenoxy) is 1. The lowest BCUT2D eigenvalue weighted by molar-refractivity contribution is 0.414. The van der Waals surface area contributed by atoms with Crippen molar-refractivity contribution < 1.29 is 26.0 Å². The fourth-order valence-corrected chi connectivity index (χ4v) is 6.49. The average molecular weight is 420 g/mol. The second-order valence-electron chi connectivity index (χ2n) is 5.96. The summed E-state index contributed by atoms with van der Waals surface area (Å²) in [6.07, 6.45) is 1.65. The molecule has 0 amide bonds. The number of rotatable bonds is 6. The van der Waals surface area contributed by atoms with Gasteiger partial charge in [0.25, 0.3) is 0 Å². The molecule has 26 heavy (non-hydrogen) atoms. The molecule has 142 valence electrons. The summed E-state index contributed by atoms with van der Waals surface area (Å²) in [6, 6.07) is 7.37. The van der Waals surface area contributed by atoms with E-state index in [0.717, 1.165) is 0 Å². The van der Waals surface area contributed by atoms with Gasteiger partial charge < -0.3 is 9.15 Å². The van der Waals surface area contributed by atoms with Gasteiger partial charge in [-0.05, 0) is 36.8 Å². The van der Waals surface area contributed by atoms with Gasteiger partial charge in [0.1, 0.15) is 17.3 Å². The zero-order valence-corrected chi connectivity index (χ0v) is 16.3. The van der Waals surface area contributed by atoms with Crippen LogP contribution in [-0.4, -0.2) is 46.6 Å². The summed E-state index contributed by atoms with van der Waals surface area (Å²) in [4.78, 5) is 0.00684. The number of methoxy groups -OCH3 is 1. The number of sulfonamides is 1. The normalized spacial score (nSPS) is 18.9. The van der Waals surface area contributed by atoms with E-state index < -0.39 is 25.1 Å². The third-order valence-corrected chi connectivity index (χ3v) is 8.54. The Balaban J connectivity index is 1.78. The van der Waals surface area contributed by atoms with Gasteiger partial charge >= 0.3 is 0 Å². The van der Waals surface area contributed by atoms with Gasteiger partial charge in [0.15, 0.2) is 9.84 Å². The molecule has 10 heteroatoms. The van der Waals surface area contributed by atoms with Crippen molar-refractivity contribution in [2.75, 3.05) is 20.2 Å². The Labute approximate surface area is 157 Å². The Morgan fingerprint density at radius 1 is 1.27 bits per heavy atom. The minimum atomic E-state index is -3.84. The van der Waals surface area contributed by atoms with Crippen LogP contribution in [-0.2, 0) is 25.6 Å². The molecule has 0 unspecified atom stereocenters. The highest BCUT2D eigenvalue weighted by molar-refractivity contribution is 7.91. The molecule has 1 atom stereocenters. The summed E-state index contributed by atoms with van der Waals surface area (Å²) in [5.74, 6) is 0.464. The van der Waals surface area contributed by atoms with Crippen LogP contribution in [0.5, 0.6) is 5.75 Å². The van der Waals surface area contributed by atoms with Crippen LogP contribution in [0.1, 0.15) is 12.2 Å². The summed E-state index contributed by atoms with van der Waals surface area (Å²) in [6.45, 7) is 0.0447. The van der Waals surface area contributed by atoms with E-state index in [1.807, 2.05) is 0 Å². The van der Waals surface area contributed by atoms with Crippen LogP contribution in [0, 0.1) is 0 Å². The van der Waals surface area contributed by atoms with E-state index in [0.29, 0.717) is 11.5 Å². The number of hydrogen-bond acceptors (Lipinski definition) is 6. The summed E-state index contributed by atoms with van der Waals surface area (Å²) in [5, 5.41) is -0.592. The quantitative estimate of drug-likeness (QED) is 0.713. The molecule has 0 saturated carbocycles. The Bertz CT molecular complexity index is 986. The van der Waals surface area contributed by atoms with Crippen molar-refractivity contribution in [2.24, 2.45) is 0 Å². The van der Waals surface area contributed by atoms with Gasteiger partial charge in [-0.1, -0.05) is 11.6 Å². The van der Waals surface area contributed by atoms with Gasteiger partial charge in [-0.15, -0.1) is 0 Å².